The van der Waals surface area contributed by atoms with Gasteiger partial charge in [-0.05, 0) is 68.8 Å². The topological polar surface area (TPSA) is 156 Å². The van der Waals surface area contributed by atoms with Gasteiger partial charge in [-0.3, -0.25) is 9.59 Å². The van der Waals surface area contributed by atoms with Crippen molar-refractivity contribution in [2.75, 3.05) is 5.32 Å². The lowest BCUT2D eigenvalue weighted by atomic mass is 10.0. The van der Waals surface area contributed by atoms with Crippen molar-refractivity contribution in [3.8, 4) is 11.9 Å². The number of amides is 2. The van der Waals surface area contributed by atoms with Crippen molar-refractivity contribution in [2.45, 2.75) is 46.0 Å². The van der Waals surface area contributed by atoms with E-state index in [1.807, 2.05) is 6.07 Å². The molecule has 0 aliphatic carbocycles. The smallest absolute Gasteiger partial charge is 0.347 e. The van der Waals surface area contributed by atoms with Gasteiger partial charge in [0.2, 0.25) is 0 Å². The van der Waals surface area contributed by atoms with Gasteiger partial charge in [0.25, 0.3) is 17.6 Å². The first-order chi connectivity index (χ1) is 19.2. The number of nitrogens with zero attached hydrogens (tertiary/aromatic N) is 8. The highest BCUT2D eigenvalue weighted by Crippen LogP contribution is 2.26. The zero-order valence-corrected chi connectivity index (χ0v) is 22.1. The zero-order chi connectivity index (χ0) is 30.1. The van der Waals surface area contributed by atoms with Gasteiger partial charge < -0.3 is 10.6 Å². The van der Waals surface area contributed by atoms with Crippen LogP contribution in [0.4, 0.5) is 23.2 Å². The molecule has 41 heavy (non-hydrogen) atoms. The lowest BCUT2D eigenvalue weighted by Gasteiger charge is -2.22. The molecule has 1 aromatic carbocycles. The van der Waals surface area contributed by atoms with Gasteiger partial charge in [-0.1, -0.05) is 0 Å². The first kappa shape index (κ1) is 28.8. The van der Waals surface area contributed by atoms with Gasteiger partial charge in [0.1, 0.15) is 12.2 Å². The number of pyridine rings is 1. The average Bonchev–Trinajstić information content (AvgIpc) is 3.52. The summed E-state index contributed by atoms with van der Waals surface area (Å²) in [6.07, 6.45) is -3.56. The maximum absolute atomic E-state index is 14.7. The summed E-state index contributed by atoms with van der Waals surface area (Å²) < 4.78 is 54.3. The Kier molecular flexibility index (Phi) is 7.55. The van der Waals surface area contributed by atoms with E-state index in [2.05, 4.69) is 36.1 Å². The molecule has 0 radical (unpaired) electrons. The van der Waals surface area contributed by atoms with Gasteiger partial charge in [0.05, 0.1) is 28.6 Å². The SMILES string of the molecule is Cc1cc(C#N)cc(C(=O)NC(C)(C)C)c1NC(=O)c1cc(Cn2nnc(C(F)(F)F)n2)nn1-c1ncccc1F. The zero-order valence-electron chi connectivity index (χ0n) is 22.1. The molecular weight excluding hydrogens is 548 g/mol. The first-order valence-electron chi connectivity index (χ1n) is 11.9. The predicted molar refractivity (Wildman–Crippen MR) is 134 cm³/mol. The van der Waals surface area contributed by atoms with Crippen molar-refractivity contribution in [2.24, 2.45) is 0 Å². The lowest BCUT2D eigenvalue weighted by molar-refractivity contribution is -0.145. The van der Waals surface area contributed by atoms with E-state index in [9.17, 15) is 32.4 Å². The largest absolute Gasteiger partial charge is 0.455 e. The molecule has 0 fully saturated rings. The van der Waals surface area contributed by atoms with Crippen molar-refractivity contribution in [3.05, 3.63) is 76.2 Å². The summed E-state index contributed by atoms with van der Waals surface area (Å²) in [5, 5.41) is 28.5. The number of hydrogen-bond donors (Lipinski definition) is 2. The molecule has 2 N–H and O–H groups in total. The summed E-state index contributed by atoms with van der Waals surface area (Å²) in [5.74, 6) is -4.09. The number of nitriles is 1. The van der Waals surface area contributed by atoms with Crippen LogP contribution in [0.15, 0.2) is 36.5 Å². The number of aromatic nitrogens is 7. The van der Waals surface area contributed by atoms with Crippen LogP contribution < -0.4 is 10.6 Å². The van der Waals surface area contributed by atoms with Crippen LogP contribution in [0.3, 0.4) is 0 Å². The number of benzene rings is 1. The van der Waals surface area contributed by atoms with Crippen LogP contribution in [0.25, 0.3) is 5.82 Å². The first-order valence-corrected chi connectivity index (χ1v) is 11.9. The third-order valence-electron chi connectivity index (χ3n) is 5.38. The molecule has 4 aromatic rings. The Balaban J connectivity index is 1.76. The molecule has 0 aliphatic heterocycles. The summed E-state index contributed by atoms with van der Waals surface area (Å²) in [5.41, 5.74) is -0.265. The molecule has 212 valence electrons. The summed E-state index contributed by atoms with van der Waals surface area (Å²) >= 11 is 0. The van der Waals surface area contributed by atoms with Crippen LogP contribution in [0.1, 0.15) is 64.3 Å². The van der Waals surface area contributed by atoms with Crippen molar-refractivity contribution in [1.82, 2.24) is 40.3 Å². The fourth-order valence-electron chi connectivity index (χ4n) is 3.71. The van der Waals surface area contributed by atoms with E-state index in [1.165, 1.54) is 30.5 Å². The number of carbonyl (C=O) groups excluding carboxylic acids is 2. The number of rotatable bonds is 6. The summed E-state index contributed by atoms with van der Waals surface area (Å²) in [7, 11) is 0. The molecule has 2 amide bonds. The summed E-state index contributed by atoms with van der Waals surface area (Å²) in [6.45, 7) is 6.41. The van der Waals surface area contributed by atoms with Crippen LogP contribution in [0.5, 0.6) is 0 Å². The molecule has 3 heterocycles. The molecule has 0 saturated heterocycles. The number of aryl methyl sites for hydroxylation is 1. The Labute approximate surface area is 230 Å². The van der Waals surface area contributed by atoms with Crippen molar-refractivity contribution >= 4 is 17.5 Å². The molecule has 0 aliphatic rings. The second-order valence-electron chi connectivity index (χ2n) is 9.87. The number of nitrogens with one attached hydrogen (secondary N) is 2. The van der Waals surface area contributed by atoms with Crippen molar-refractivity contribution in [1.29, 1.82) is 5.26 Å². The van der Waals surface area contributed by atoms with Crippen LogP contribution >= 0.6 is 0 Å². The van der Waals surface area contributed by atoms with Gasteiger partial charge in [0.15, 0.2) is 11.6 Å². The highest BCUT2D eigenvalue weighted by Gasteiger charge is 2.37. The minimum atomic E-state index is -4.82. The van der Waals surface area contributed by atoms with E-state index in [1.54, 1.807) is 27.7 Å². The summed E-state index contributed by atoms with van der Waals surface area (Å²) in [6, 6.07) is 8.35. The quantitative estimate of drug-likeness (QED) is 0.334. The van der Waals surface area contributed by atoms with Gasteiger partial charge >= 0.3 is 6.18 Å². The van der Waals surface area contributed by atoms with Crippen molar-refractivity contribution in [3.63, 3.8) is 0 Å². The van der Waals surface area contributed by atoms with E-state index in [0.29, 0.717) is 10.4 Å². The molecule has 0 spiro atoms. The Morgan fingerprint density at radius 3 is 2.44 bits per heavy atom. The maximum atomic E-state index is 14.7. The molecule has 0 bridgehead atoms. The molecule has 0 saturated carbocycles. The van der Waals surface area contributed by atoms with Crippen molar-refractivity contribution < 1.29 is 27.2 Å². The van der Waals surface area contributed by atoms with E-state index in [-0.39, 0.29) is 34.0 Å². The minimum Gasteiger partial charge on any atom is -0.347 e. The summed E-state index contributed by atoms with van der Waals surface area (Å²) in [4.78, 5) is 31.2. The number of carbonyl (C=O) groups is 2. The van der Waals surface area contributed by atoms with Gasteiger partial charge in [-0.25, -0.2) is 14.1 Å². The van der Waals surface area contributed by atoms with Crippen LogP contribution in [-0.4, -0.2) is 52.3 Å². The van der Waals surface area contributed by atoms with Gasteiger partial charge in [0, 0.05) is 11.7 Å². The van der Waals surface area contributed by atoms with E-state index in [4.69, 9.17) is 0 Å². The van der Waals surface area contributed by atoms with E-state index >= 15 is 0 Å². The monoisotopic (exact) mass is 570 g/mol. The van der Waals surface area contributed by atoms with Crippen LogP contribution in [-0.2, 0) is 12.7 Å². The lowest BCUT2D eigenvalue weighted by Crippen LogP contribution is -2.41. The molecule has 0 atom stereocenters. The average molecular weight is 571 g/mol. The fourth-order valence-corrected chi connectivity index (χ4v) is 3.71. The second kappa shape index (κ2) is 10.8. The maximum Gasteiger partial charge on any atom is 0.455 e. The molecule has 4 rings (SSSR count). The van der Waals surface area contributed by atoms with Crippen LogP contribution in [0, 0.1) is 24.1 Å². The number of alkyl halides is 3. The number of halogens is 4. The highest BCUT2D eigenvalue weighted by molar-refractivity contribution is 6.09. The number of anilines is 1. The highest BCUT2D eigenvalue weighted by atomic mass is 19.4. The van der Waals surface area contributed by atoms with Gasteiger partial charge in [-0.15, -0.1) is 10.2 Å². The number of tetrazole rings is 1. The third kappa shape index (κ3) is 6.52. The Morgan fingerprint density at radius 2 is 1.83 bits per heavy atom. The Bertz CT molecular complexity index is 1680. The minimum absolute atomic E-state index is 0.00614. The Morgan fingerprint density at radius 1 is 1.10 bits per heavy atom. The molecule has 16 heteroatoms. The van der Waals surface area contributed by atoms with Gasteiger partial charge in [-0.2, -0.15) is 28.3 Å². The predicted octanol–water partition coefficient (Wildman–Crippen LogP) is 3.42. The molecular formula is C25H22F4N10O2. The fraction of sp³-hybridized carbons (Fsp3) is 0.280. The Hall–Kier alpha value is -5.20. The van der Waals surface area contributed by atoms with E-state index < -0.39 is 41.7 Å². The van der Waals surface area contributed by atoms with Crippen LogP contribution in [0.2, 0.25) is 0 Å². The third-order valence-corrected chi connectivity index (χ3v) is 5.38. The molecule has 3 aromatic heterocycles. The second-order valence-corrected chi connectivity index (χ2v) is 9.87. The molecule has 0 unspecified atom stereocenters. The molecule has 12 nitrogen and oxygen atoms in total. The standard InChI is InChI=1S/C25H22F4N10O2/c1-13-8-14(11-30)9-16(21(40)33-24(2,3)4)19(13)32-22(41)18-10-15(12-38-36-23(34-37-38)25(27,28)29)35-39(18)20-17(26)6-5-7-31-20/h5-10H,12H2,1-4H3,(H,32,41)(H,33,40). The number of hydrogen-bond acceptors (Lipinski definition) is 8. The van der Waals surface area contributed by atoms with E-state index in [0.717, 1.165) is 10.7 Å². The normalized spacial score (nSPS) is 11.7.